The summed E-state index contributed by atoms with van der Waals surface area (Å²) >= 11 is 1.59. The number of carbonyl (C=O) groups excluding carboxylic acids is 1. The molecule has 1 atom stereocenters. The first kappa shape index (κ1) is 16.5. The number of benzene rings is 2. The van der Waals surface area contributed by atoms with Crippen LogP contribution in [0.25, 0.3) is 10.8 Å². The van der Waals surface area contributed by atoms with Crippen molar-refractivity contribution in [1.82, 2.24) is 10.3 Å². The third-order valence-electron chi connectivity index (χ3n) is 4.08. The zero-order valence-electron chi connectivity index (χ0n) is 14.0. The number of hydrogen-bond acceptors (Lipinski definition) is 4. The zero-order valence-corrected chi connectivity index (χ0v) is 14.8. The summed E-state index contributed by atoms with van der Waals surface area (Å²) in [6.07, 6.45) is 0. The fourth-order valence-corrected chi connectivity index (χ4v) is 3.22. The largest absolute Gasteiger partial charge is 0.497 e. The number of rotatable bonds is 5. The molecule has 1 aromatic heterocycles. The van der Waals surface area contributed by atoms with E-state index in [0.29, 0.717) is 6.54 Å². The van der Waals surface area contributed by atoms with Crippen molar-refractivity contribution >= 4 is 28.0 Å². The Hall–Kier alpha value is -2.40. The lowest BCUT2D eigenvalue weighted by Crippen LogP contribution is -2.27. The lowest BCUT2D eigenvalue weighted by Gasteiger charge is -2.13. The lowest BCUT2D eigenvalue weighted by molar-refractivity contribution is -0.122. The van der Waals surface area contributed by atoms with Crippen molar-refractivity contribution in [2.75, 3.05) is 7.11 Å². The third-order valence-corrected chi connectivity index (χ3v) is 4.90. The second-order valence-electron chi connectivity index (χ2n) is 5.77. The molecule has 124 valence electrons. The van der Waals surface area contributed by atoms with Gasteiger partial charge in [-0.2, -0.15) is 0 Å². The van der Waals surface area contributed by atoms with Gasteiger partial charge < -0.3 is 10.1 Å². The highest BCUT2D eigenvalue weighted by Crippen LogP contribution is 2.25. The highest BCUT2D eigenvalue weighted by atomic mass is 32.1. The van der Waals surface area contributed by atoms with Crippen molar-refractivity contribution < 1.29 is 9.53 Å². The number of amides is 1. The van der Waals surface area contributed by atoms with Gasteiger partial charge in [0.15, 0.2) is 0 Å². The van der Waals surface area contributed by atoms with E-state index in [0.717, 1.165) is 32.8 Å². The normalized spacial score (nSPS) is 12.1. The van der Waals surface area contributed by atoms with Crippen molar-refractivity contribution in [3.05, 3.63) is 58.0 Å². The SMILES string of the molecule is COc1ccc2cc([C@@H](C)C(=O)NCc3csc(C)n3)ccc2c1. The number of hydrogen-bond donors (Lipinski definition) is 1. The summed E-state index contributed by atoms with van der Waals surface area (Å²) in [6.45, 7) is 4.35. The van der Waals surface area contributed by atoms with Crippen LogP contribution < -0.4 is 10.1 Å². The minimum Gasteiger partial charge on any atom is -0.497 e. The Kier molecular flexibility index (Phi) is 4.81. The maximum atomic E-state index is 12.4. The summed E-state index contributed by atoms with van der Waals surface area (Å²) < 4.78 is 5.24. The number of aromatic nitrogens is 1. The van der Waals surface area contributed by atoms with Crippen LogP contribution in [0.15, 0.2) is 41.8 Å². The summed E-state index contributed by atoms with van der Waals surface area (Å²) in [6, 6.07) is 12.0. The van der Waals surface area contributed by atoms with Gasteiger partial charge in [0, 0.05) is 5.38 Å². The highest BCUT2D eigenvalue weighted by Gasteiger charge is 2.15. The van der Waals surface area contributed by atoms with Crippen LogP contribution in [0.5, 0.6) is 5.75 Å². The van der Waals surface area contributed by atoms with Crippen LogP contribution in [0.1, 0.15) is 29.1 Å². The van der Waals surface area contributed by atoms with E-state index in [2.05, 4.69) is 16.4 Å². The Morgan fingerprint density at radius 2 is 2.00 bits per heavy atom. The van der Waals surface area contributed by atoms with Crippen LogP contribution in [-0.4, -0.2) is 18.0 Å². The Bertz CT molecular complexity index is 873. The molecule has 4 nitrogen and oxygen atoms in total. The number of fused-ring (bicyclic) bond motifs is 1. The minimum absolute atomic E-state index is 0.00788. The van der Waals surface area contributed by atoms with Gasteiger partial charge in [0.05, 0.1) is 30.3 Å². The number of methoxy groups -OCH3 is 1. The standard InChI is InChI=1S/C19H20N2O2S/c1-12(19(22)20-10-17-11-24-13(2)21-17)14-4-5-16-9-18(23-3)7-6-15(16)8-14/h4-9,11-12H,10H2,1-3H3,(H,20,22)/t12-/m1/s1. The molecular weight excluding hydrogens is 320 g/mol. The molecule has 1 heterocycles. The quantitative estimate of drug-likeness (QED) is 0.763. The smallest absolute Gasteiger partial charge is 0.227 e. The number of ether oxygens (including phenoxy) is 1. The molecule has 1 N–H and O–H groups in total. The molecule has 0 aliphatic carbocycles. The monoisotopic (exact) mass is 340 g/mol. The fraction of sp³-hybridized carbons (Fsp3) is 0.263. The Morgan fingerprint density at radius 1 is 1.25 bits per heavy atom. The Labute approximate surface area is 145 Å². The summed E-state index contributed by atoms with van der Waals surface area (Å²) in [4.78, 5) is 16.8. The number of thiazole rings is 1. The van der Waals surface area contributed by atoms with E-state index < -0.39 is 0 Å². The van der Waals surface area contributed by atoms with Gasteiger partial charge in [-0.1, -0.05) is 24.3 Å². The topological polar surface area (TPSA) is 51.2 Å². The van der Waals surface area contributed by atoms with Crippen LogP contribution in [0.4, 0.5) is 0 Å². The Morgan fingerprint density at radius 3 is 2.71 bits per heavy atom. The van der Waals surface area contributed by atoms with Gasteiger partial charge in [-0.25, -0.2) is 4.98 Å². The molecule has 3 rings (SSSR count). The molecule has 0 aliphatic rings. The van der Waals surface area contributed by atoms with E-state index in [1.807, 2.05) is 49.6 Å². The average Bonchev–Trinajstić information content (AvgIpc) is 3.03. The third kappa shape index (κ3) is 3.57. The number of nitrogens with zero attached hydrogens (tertiary/aromatic N) is 1. The van der Waals surface area contributed by atoms with Crippen LogP contribution in [0.2, 0.25) is 0 Å². The number of nitrogens with one attached hydrogen (secondary N) is 1. The van der Waals surface area contributed by atoms with Crippen molar-refractivity contribution in [2.45, 2.75) is 26.3 Å². The number of aryl methyl sites for hydroxylation is 1. The van der Waals surface area contributed by atoms with E-state index in [1.165, 1.54) is 0 Å². The molecule has 5 heteroatoms. The van der Waals surface area contributed by atoms with Gasteiger partial charge in [0.1, 0.15) is 5.75 Å². The van der Waals surface area contributed by atoms with Crippen molar-refractivity contribution in [3.63, 3.8) is 0 Å². The summed E-state index contributed by atoms with van der Waals surface area (Å²) in [5, 5.41) is 8.15. The van der Waals surface area contributed by atoms with E-state index in [1.54, 1.807) is 18.4 Å². The first-order valence-electron chi connectivity index (χ1n) is 7.83. The molecule has 2 aromatic carbocycles. The first-order chi connectivity index (χ1) is 11.6. The predicted molar refractivity (Wildman–Crippen MR) is 97.6 cm³/mol. The average molecular weight is 340 g/mol. The van der Waals surface area contributed by atoms with Gasteiger partial charge in [0.25, 0.3) is 0 Å². The molecular formula is C19H20N2O2S. The molecule has 0 unspecified atom stereocenters. The fourth-order valence-electron chi connectivity index (χ4n) is 2.61. The van der Waals surface area contributed by atoms with Crippen molar-refractivity contribution in [3.8, 4) is 5.75 Å². The van der Waals surface area contributed by atoms with Gasteiger partial charge >= 0.3 is 0 Å². The summed E-state index contributed by atoms with van der Waals surface area (Å²) in [7, 11) is 1.66. The molecule has 1 amide bonds. The van der Waals surface area contributed by atoms with Gasteiger partial charge in [-0.3, -0.25) is 4.79 Å². The van der Waals surface area contributed by atoms with Gasteiger partial charge in [-0.15, -0.1) is 11.3 Å². The van der Waals surface area contributed by atoms with E-state index in [9.17, 15) is 4.79 Å². The number of carbonyl (C=O) groups is 1. The predicted octanol–water partition coefficient (Wildman–Crippen LogP) is 4.03. The van der Waals surface area contributed by atoms with Gasteiger partial charge in [-0.05, 0) is 42.3 Å². The second-order valence-corrected chi connectivity index (χ2v) is 6.83. The van der Waals surface area contributed by atoms with Crippen LogP contribution in [-0.2, 0) is 11.3 Å². The maximum absolute atomic E-state index is 12.4. The molecule has 24 heavy (non-hydrogen) atoms. The van der Waals surface area contributed by atoms with E-state index in [-0.39, 0.29) is 11.8 Å². The zero-order chi connectivity index (χ0) is 17.1. The molecule has 0 saturated carbocycles. The molecule has 3 aromatic rings. The second kappa shape index (κ2) is 7.01. The molecule has 0 spiro atoms. The van der Waals surface area contributed by atoms with Crippen LogP contribution in [0, 0.1) is 6.92 Å². The Balaban J connectivity index is 1.72. The van der Waals surface area contributed by atoms with Crippen LogP contribution >= 0.6 is 11.3 Å². The molecule has 0 bridgehead atoms. The summed E-state index contributed by atoms with van der Waals surface area (Å²) in [5.74, 6) is 0.629. The highest BCUT2D eigenvalue weighted by molar-refractivity contribution is 7.09. The molecule has 0 fully saturated rings. The van der Waals surface area contributed by atoms with E-state index >= 15 is 0 Å². The van der Waals surface area contributed by atoms with Crippen molar-refractivity contribution in [2.24, 2.45) is 0 Å². The van der Waals surface area contributed by atoms with Crippen molar-refractivity contribution in [1.29, 1.82) is 0 Å². The maximum Gasteiger partial charge on any atom is 0.227 e. The van der Waals surface area contributed by atoms with Crippen LogP contribution in [0.3, 0.4) is 0 Å². The lowest BCUT2D eigenvalue weighted by atomic mass is 9.97. The molecule has 0 radical (unpaired) electrons. The summed E-state index contributed by atoms with van der Waals surface area (Å²) in [5.41, 5.74) is 1.91. The van der Waals surface area contributed by atoms with E-state index in [4.69, 9.17) is 4.74 Å². The van der Waals surface area contributed by atoms with Gasteiger partial charge in [0.2, 0.25) is 5.91 Å². The minimum atomic E-state index is -0.212. The molecule has 0 saturated heterocycles. The first-order valence-corrected chi connectivity index (χ1v) is 8.71. The molecule has 0 aliphatic heterocycles.